The fourth-order valence-corrected chi connectivity index (χ4v) is 3.85. The molecule has 1 aliphatic heterocycles. The highest BCUT2D eigenvalue weighted by molar-refractivity contribution is 5.78. The first-order chi connectivity index (χ1) is 13.1. The zero-order chi connectivity index (χ0) is 19.2. The highest BCUT2D eigenvalue weighted by Gasteiger charge is 2.29. The first-order valence-corrected chi connectivity index (χ1v) is 9.80. The monoisotopic (exact) mass is 366 g/mol. The number of methoxy groups -OCH3 is 1. The van der Waals surface area contributed by atoms with Crippen molar-refractivity contribution in [3.05, 3.63) is 65.7 Å². The third-order valence-electron chi connectivity index (χ3n) is 5.32. The van der Waals surface area contributed by atoms with Crippen LogP contribution < -0.4 is 4.74 Å². The molecule has 1 heterocycles. The lowest BCUT2D eigenvalue weighted by atomic mass is 10.0. The lowest BCUT2D eigenvalue weighted by Crippen LogP contribution is -2.43. The van der Waals surface area contributed by atoms with Gasteiger partial charge in [-0.3, -0.25) is 9.69 Å². The second kappa shape index (κ2) is 9.05. The number of ether oxygens (including phenoxy) is 1. The molecule has 1 fully saturated rings. The molecule has 0 aliphatic carbocycles. The molecule has 3 rings (SSSR count). The lowest BCUT2D eigenvalue weighted by Gasteiger charge is -2.31. The van der Waals surface area contributed by atoms with Crippen LogP contribution in [0.15, 0.2) is 54.6 Å². The summed E-state index contributed by atoms with van der Waals surface area (Å²) in [5.41, 5.74) is 2.41. The highest BCUT2D eigenvalue weighted by Crippen LogP contribution is 2.33. The van der Waals surface area contributed by atoms with E-state index in [0.717, 1.165) is 25.1 Å². The van der Waals surface area contributed by atoms with Gasteiger partial charge in [-0.05, 0) is 56.5 Å². The van der Waals surface area contributed by atoms with Crippen LogP contribution in [0.25, 0.3) is 0 Å². The van der Waals surface area contributed by atoms with Crippen molar-refractivity contribution in [2.24, 2.45) is 0 Å². The summed E-state index contributed by atoms with van der Waals surface area (Å²) in [6, 6.07) is 18.9. The van der Waals surface area contributed by atoms with Crippen molar-refractivity contribution < 1.29 is 9.53 Å². The Morgan fingerprint density at radius 2 is 1.96 bits per heavy atom. The van der Waals surface area contributed by atoms with E-state index < -0.39 is 0 Å². The maximum atomic E-state index is 13.1. The van der Waals surface area contributed by atoms with Crippen molar-refractivity contribution in [1.29, 1.82) is 0 Å². The number of hydrogen-bond acceptors (Lipinski definition) is 3. The Morgan fingerprint density at radius 1 is 1.19 bits per heavy atom. The number of amides is 1. The van der Waals surface area contributed by atoms with Gasteiger partial charge in [0.15, 0.2) is 0 Å². The Kier molecular flexibility index (Phi) is 6.51. The summed E-state index contributed by atoms with van der Waals surface area (Å²) in [6.07, 6.45) is 2.20. The SMILES string of the molecule is COc1cccc(C2CCCN2CC(=O)N(Cc2ccccc2)C(C)C)c1. The Bertz CT molecular complexity index is 745. The number of carbonyl (C=O) groups is 1. The Balaban J connectivity index is 1.70. The van der Waals surface area contributed by atoms with Crippen LogP contribution >= 0.6 is 0 Å². The summed E-state index contributed by atoms with van der Waals surface area (Å²) in [6.45, 7) is 6.27. The van der Waals surface area contributed by atoms with Gasteiger partial charge in [0.05, 0.1) is 13.7 Å². The topological polar surface area (TPSA) is 32.8 Å². The molecule has 1 aliphatic rings. The highest BCUT2D eigenvalue weighted by atomic mass is 16.5. The molecule has 1 atom stereocenters. The van der Waals surface area contributed by atoms with Crippen LogP contribution in [0.3, 0.4) is 0 Å². The molecule has 2 aromatic carbocycles. The number of hydrogen-bond donors (Lipinski definition) is 0. The van der Waals surface area contributed by atoms with Gasteiger partial charge in [-0.2, -0.15) is 0 Å². The first kappa shape index (κ1) is 19.4. The van der Waals surface area contributed by atoms with Crippen molar-refractivity contribution >= 4 is 5.91 Å². The van der Waals surface area contributed by atoms with Crippen LogP contribution in [0.4, 0.5) is 0 Å². The molecule has 1 saturated heterocycles. The minimum Gasteiger partial charge on any atom is -0.497 e. The fraction of sp³-hybridized carbons (Fsp3) is 0.435. The second-order valence-electron chi connectivity index (χ2n) is 7.51. The van der Waals surface area contributed by atoms with Crippen LogP contribution in [0.5, 0.6) is 5.75 Å². The van der Waals surface area contributed by atoms with Gasteiger partial charge in [0, 0.05) is 18.6 Å². The van der Waals surface area contributed by atoms with Crippen molar-refractivity contribution in [2.75, 3.05) is 20.2 Å². The van der Waals surface area contributed by atoms with E-state index >= 15 is 0 Å². The van der Waals surface area contributed by atoms with Gasteiger partial charge in [0.25, 0.3) is 0 Å². The molecule has 1 amide bonds. The summed E-state index contributed by atoms with van der Waals surface area (Å²) in [5.74, 6) is 1.07. The molecule has 27 heavy (non-hydrogen) atoms. The van der Waals surface area contributed by atoms with Gasteiger partial charge in [0.1, 0.15) is 5.75 Å². The summed E-state index contributed by atoms with van der Waals surface area (Å²) in [5, 5.41) is 0. The smallest absolute Gasteiger partial charge is 0.237 e. The van der Waals surface area contributed by atoms with E-state index in [1.807, 2.05) is 35.2 Å². The van der Waals surface area contributed by atoms with E-state index in [9.17, 15) is 4.79 Å². The van der Waals surface area contributed by atoms with Crippen LogP contribution in [0, 0.1) is 0 Å². The molecule has 144 valence electrons. The van der Waals surface area contributed by atoms with E-state index in [2.05, 4.69) is 43.0 Å². The van der Waals surface area contributed by atoms with E-state index in [1.54, 1.807) is 7.11 Å². The summed E-state index contributed by atoms with van der Waals surface area (Å²) in [7, 11) is 1.69. The number of likely N-dealkylation sites (tertiary alicyclic amines) is 1. The van der Waals surface area contributed by atoms with E-state index in [0.29, 0.717) is 13.1 Å². The molecule has 0 saturated carbocycles. The number of rotatable bonds is 7. The number of nitrogens with zero attached hydrogens (tertiary/aromatic N) is 2. The number of carbonyl (C=O) groups excluding carboxylic acids is 1. The zero-order valence-corrected chi connectivity index (χ0v) is 16.6. The third-order valence-corrected chi connectivity index (χ3v) is 5.32. The number of benzene rings is 2. The fourth-order valence-electron chi connectivity index (χ4n) is 3.85. The molecule has 2 aromatic rings. The van der Waals surface area contributed by atoms with Gasteiger partial charge in [0.2, 0.25) is 5.91 Å². The maximum absolute atomic E-state index is 13.1. The molecule has 0 bridgehead atoms. The molecule has 0 N–H and O–H groups in total. The molecular weight excluding hydrogens is 336 g/mol. The summed E-state index contributed by atoms with van der Waals surface area (Å²) in [4.78, 5) is 17.4. The summed E-state index contributed by atoms with van der Waals surface area (Å²) < 4.78 is 5.37. The minimum atomic E-state index is 0.176. The van der Waals surface area contributed by atoms with Crippen molar-refractivity contribution in [3.8, 4) is 5.75 Å². The molecule has 0 aromatic heterocycles. The summed E-state index contributed by atoms with van der Waals surface area (Å²) >= 11 is 0. The average Bonchev–Trinajstić information content (AvgIpc) is 3.14. The predicted molar refractivity (Wildman–Crippen MR) is 109 cm³/mol. The van der Waals surface area contributed by atoms with Gasteiger partial charge in [-0.15, -0.1) is 0 Å². The molecular formula is C23H30N2O2. The van der Waals surface area contributed by atoms with Gasteiger partial charge >= 0.3 is 0 Å². The quantitative estimate of drug-likeness (QED) is 0.734. The van der Waals surface area contributed by atoms with E-state index in [4.69, 9.17) is 4.74 Å². The molecule has 0 radical (unpaired) electrons. The van der Waals surface area contributed by atoms with E-state index in [1.165, 1.54) is 11.1 Å². The van der Waals surface area contributed by atoms with Crippen molar-refractivity contribution in [3.63, 3.8) is 0 Å². The normalized spacial score (nSPS) is 17.3. The standard InChI is InChI=1S/C23H30N2O2/c1-18(2)25(16-19-9-5-4-6-10-19)23(26)17-24-14-8-13-22(24)20-11-7-12-21(15-20)27-3/h4-7,9-12,15,18,22H,8,13-14,16-17H2,1-3H3. The average molecular weight is 367 g/mol. The van der Waals surface area contributed by atoms with Gasteiger partial charge in [-0.1, -0.05) is 42.5 Å². The molecule has 4 heteroatoms. The molecule has 0 spiro atoms. The third kappa shape index (κ3) is 4.89. The Hall–Kier alpha value is -2.33. The van der Waals surface area contributed by atoms with Gasteiger partial charge < -0.3 is 9.64 Å². The Labute approximate surface area is 162 Å². The van der Waals surface area contributed by atoms with Gasteiger partial charge in [-0.25, -0.2) is 0 Å². The first-order valence-electron chi connectivity index (χ1n) is 9.80. The van der Waals surface area contributed by atoms with Crippen LogP contribution in [0.1, 0.15) is 43.9 Å². The molecule has 4 nitrogen and oxygen atoms in total. The zero-order valence-electron chi connectivity index (χ0n) is 16.6. The lowest BCUT2D eigenvalue weighted by molar-refractivity contribution is -0.135. The van der Waals surface area contributed by atoms with Crippen LogP contribution in [-0.4, -0.2) is 41.9 Å². The van der Waals surface area contributed by atoms with E-state index in [-0.39, 0.29) is 18.0 Å². The second-order valence-corrected chi connectivity index (χ2v) is 7.51. The minimum absolute atomic E-state index is 0.176. The van der Waals surface area contributed by atoms with Crippen molar-refractivity contribution in [2.45, 2.75) is 45.3 Å². The maximum Gasteiger partial charge on any atom is 0.237 e. The van der Waals surface area contributed by atoms with Crippen LogP contribution in [-0.2, 0) is 11.3 Å². The predicted octanol–water partition coefficient (Wildman–Crippen LogP) is 4.27. The largest absolute Gasteiger partial charge is 0.497 e. The Morgan fingerprint density at radius 3 is 2.67 bits per heavy atom. The van der Waals surface area contributed by atoms with Crippen LogP contribution in [0.2, 0.25) is 0 Å². The molecule has 1 unspecified atom stereocenters. The van der Waals surface area contributed by atoms with Crippen molar-refractivity contribution in [1.82, 2.24) is 9.80 Å².